The van der Waals surface area contributed by atoms with Crippen molar-refractivity contribution >= 4 is 21.8 Å². The number of rotatable bonds is 7. The molecular weight excluding hydrogens is 731 g/mol. The van der Waals surface area contributed by atoms with Crippen molar-refractivity contribution in [3.8, 4) is 73.8 Å². The van der Waals surface area contributed by atoms with Crippen LogP contribution in [0.15, 0.2) is 140 Å². The largest absolute Gasteiger partial charge is 0.308 e. The van der Waals surface area contributed by atoms with Crippen LogP contribution in [0.25, 0.3) is 95.6 Å². The van der Waals surface area contributed by atoms with Crippen molar-refractivity contribution in [2.45, 2.75) is 27.7 Å². The SMILES string of the molecule is Cc1nc(C)nc(-c2ccc3c(c2)c2cc(-c4nc(C)nc(C)n4)ccc2n3-c2ccc(-c3cccnc3)cc2-c2nc(-c3ccccc3)nc(-c3ccccc3)n2)n1. The molecule has 0 bridgehead atoms. The van der Waals surface area contributed by atoms with Crippen LogP contribution in [0.2, 0.25) is 0 Å². The molecule has 0 aliphatic heterocycles. The third kappa shape index (κ3) is 6.74. The molecule has 0 aliphatic rings. The van der Waals surface area contributed by atoms with Gasteiger partial charge in [-0.05, 0) is 87.9 Å². The number of aryl methyl sites for hydroxylation is 4. The van der Waals surface area contributed by atoms with Crippen LogP contribution in [0.5, 0.6) is 0 Å². The summed E-state index contributed by atoms with van der Waals surface area (Å²) in [5, 5.41) is 2.01. The first-order valence-electron chi connectivity index (χ1n) is 19.2. The average molecular weight is 766 g/mol. The minimum atomic E-state index is 0.536. The summed E-state index contributed by atoms with van der Waals surface area (Å²) in [5.74, 6) is 5.59. The lowest BCUT2D eigenvalue weighted by Crippen LogP contribution is -2.04. The minimum Gasteiger partial charge on any atom is -0.308 e. The van der Waals surface area contributed by atoms with Gasteiger partial charge in [0.15, 0.2) is 29.1 Å². The van der Waals surface area contributed by atoms with Crippen molar-refractivity contribution in [2.24, 2.45) is 0 Å². The molecule has 0 aliphatic carbocycles. The monoisotopic (exact) mass is 765 g/mol. The molecule has 10 aromatic rings. The molecule has 11 nitrogen and oxygen atoms in total. The number of pyridine rings is 1. The number of aromatic nitrogens is 11. The van der Waals surface area contributed by atoms with E-state index in [0.717, 1.165) is 66.4 Å². The van der Waals surface area contributed by atoms with Gasteiger partial charge in [0.25, 0.3) is 0 Å². The summed E-state index contributed by atoms with van der Waals surface area (Å²) in [6.07, 6.45) is 3.65. The Morgan fingerprint density at radius 1 is 0.356 bits per heavy atom. The molecule has 11 heteroatoms. The van der Waals surface area contributed by atoms with E-state index >= 15 is 0 Å². The predicted octanol–water partition coefficient (Wildman–Crippen LogP) is 9.97. The average Bonchev–Trinajstić information content (AvgIpc) is 3.59. The van der Waals surface area contributed by atoms with Gasteiger partial charge in [-0.25, -0.2) is 44.9 Å². The molecule has 0 fully saturated rings. The molecule has 0 N–H and O–H groups in total. The maximum Gasteiger partial charge on any atom is 0.166 e. The van der Waals surface area contributed by atoms with Crippen LogP contribution in [-0.2, 0) is 0 Å². The molecule has 5 aromatic heterocycles. The van der Waals surface area contributed by atoms with Gasteiger partial charge in [-0.3, -0.25) is 4.98 Å². The van der Waals surface area contributed by atoms with Crippen LogP contribution in [0.4, 0.5) is 0 Å². The van der Waals surface area contributed by atoms with Crippen molar-refractivity contribution in [1.29, 1.82) is 0 Å². The molecule has 5 heterocycles. The maximum absolute atomic E-state index is 5.21. The van der Waals surface area contributed by atoms with E-state index in [4.69, 9.17) is 34.9 Å². The van der Waals surface area contributed by atoms with Crippen molar-refractivity contribution < 1.29 is 0 Å². The second-order valence-corrected chi connectivity index (χ2v) is 14.3. The second kappa shape index (κ2) is 14.5. The highest BCUT2D eigenvalue weighted by molar-refractivity contribution is 6.12. The molecule has 282 valence electrons. The van der Waals surface area contributed by atoms with Gasteiger partial charge in [0.1, 0.15) is 23.3 Å². The molecule has 0 radical (unpaired) electrons. The Labute approximate surface area is 339 Å². The van der Waals surface area contributed by atoms with Crippen molar-refractivity contribution in [3.05, 3.63) is 163 Å². The van der Waals surface area contributed by atoms with Gasteiger partial charge >= 0.3 is 0 Å². The van der Waals surface area contributed by atoms with E-state index in [-0.39, 0.29) is 0 Å². The van der Waals surface area contributed by atoms with Crippen LogP contribution in [-0.4, -0.2) is 54.4 Å². The Kier molecular flexibility index (Phi) is 8.75. The molecule has 0 atom stereocenters. The van der Waals surface area contributed by atoms with Gasteiger partial charge in [-0.15, -0.1) is 0 Å². The second-order valence-electron chi connectivity index (χ2n) is 14.3. The number of benzene rings is 5. The third-order valence-corrected chi connectivity index (χ3v) is 10.2. The zero-order valence-electron chi connectivity index (χ0n) is 32.7. The zero-order chi connectivity index (χ0) is 40.0. The normalized spacial score (nSPS) is 11.4. The van der Waals surface area contributed by atoms with Crippen molar-refractivity contribution in [3.63, 3.8) is 0 Å². The van der Waals surface area contributed by atoms with E-state index in [1.54, 1.807) is 6.20 Å². The van der Waals surface area contributed by atoms with Crippen LogP contribution >= 0.6 is 0 Å². The fourth-order valence-corrected chi connectivity index (χ4v) is 7.60. The Bertz CT molecular complexity index is 2990. The summed E-state index contributed by atoms with van der Waals surface area (Å²) in [4.78, 5) is 47.6. The molecule has 0 unspecified atom stereocenters. The molecule has 0 saturated carbocycles. The summed E-state index contributed by atoms with van der Waals surface area (Å²) in [7, 11) is 0. The molecule has 10 rings (SSSR count). The Morgan fingerprint density at radius 2 is 0.814 bits per heavy atom. The maximum atomic E-state index is 5.21. The van der Waals surface area contributed by atoms with Crippen LogP contribution < -0.4 is 0 Å². The first-order chi connectivity index (χ1) is 28.8. The van der Waals surface area contributed by atoms with Gasteiger partial charge in [0.05, 0.1) is 16.7 Å². The van der Waals surface area contributed by atoms with Gasteiger partial charge < -0.3 is 4.57 Å². The van der Waals surface area contributed by atoms with Gasteiger partial charge in [-0.1, -0.05) is 72.8 Å². The summed E-state index contributed by atoms with van der Waals surface area (Å²) in [6, 6.07) is 43.2. The molecule has 59 heavy (non-hydrogen) atoms. The number of fused-ring (bicyclic) bond motifs is 3. The van der Waals surface area contributed by atoms with Gasteiger partial charge in [0.2, 0.25) is 0 Å². The first-order valence-corrected chi connectivity index (χ1v) is 19.2. The van der Waals surface area contributed by atoms with E-state index in [1.807, 2.05) is 101 Å². The quantitative estimate of drug-likeness (QED) is 0.154. The Balaban J connectivity index is 1.28. The molecule has 0 spiro atoms. The number of hydrogen-bond donors (Lipinski definition) is 0. The Morgan fingerprint density at radius 3 is 1.31 bits per heavy atom. The first kappa shape index (κ1) is 35.5. The third-order valence-electron chi connectivity index (χ3n) is 10.2. The standard InChI is InChI=1S/C48H35N11/c1-28-50-29(2)53-46(52-28)35-18-21-41-38(25-35)39-26-36(47-54-30(3)51-31(4)55-47)19-22-42(39)59(41)43-20-17-34(37-16-11-23-49-27-37)24-40(43)48-57-44(32-12-7-5-8-13-32)56-45(58-48)33-14-9-6-10-15-33/h5-27H,1-4H3. The summed E-state index contributed by atoms with van der Waals surface area (Å²) < 4.78 is 2.28. The van der Waals surface area contributed by atoms with E-state index in [0.29, 0.717) is 52.4 Å². The lowest BCUT2D eigenvalue weighted by Gasteiger charge is -2.16. The van der Waals surface area contributed by atoms with E-state index < -0.39 is 0 Å². The highest BCUT2D eigenvalue weighted by Gasteiger charge is 2.22. The summed E-state index contributed by atoms with van der Waals surface area (Å²) in [6.45, 7) is 7.55. The molecule has 0 saturated heterocycles. The Hall–Kier alpha value is -7.92. The lowest BCUT2D eigenvalue weighted by atomic mass is 10.0. The lowest BCUT2D eigenvalue weighted by molar-refractivity contribution is 0.928. The molecule has 5 aromatic carbocycles. The topological polar surface area (TPSA) is 134 Å². The summed E-state index contributed by atoms with van der Waals surface area (Å²) >= 11 is 0. The minimum absolute atomic E-state index is 0.536. The van der Waals surface area contributed by atoms with Gasteiger partial charge in [-0.2, -0.15) is 0 Å². The highest BCUT2D eigenvalue weighted by Crippen LogP contribution is 2.40. The van der Waals surface area contributed by atoms with Crippen molar-refractivity contribution in [1.82, 2.24) is 54.4 Å². The molecular formula is C48H35N11. The fraction of sp³-hybridized carbons (Fsp3) is 0.0833. The molecule has 0 amide bonds. The number of hydrogen-bond acceptors (Lipinski definition) is 10. The van der Waals surface area contributed by atoms with E-state index in [1.165, 1.54) is 0 Å². The van der Waals surface area contributed by atoms with Gasteiger partial charge in [0, 0.05) is 56.5 Å². The summed E-state index contributed by atoms with van der Waals surface area (Å²) in [5.41, 5.74) is 9.16. The van der Waals surface area contributed by atoms with E-state index in [9.17, 15) is 0 Å². The van der Waals surface area contributed by atoms with E-state index in [2.05, 4.69) is 80.2 Å². The zero-order valence-corrected chi connectivity index (χ0v) is 32.7. The predicted molar refractivity (Wildman–Crippen MR) is 230 cm³/mol. The smallest absolute Gasteiger partial charge is 0.166 e. The van der Waals surface area contributed by atoms with Crippen LogP contribution in [0, 0.1) is 27.7 Å². The fourth-order valence-electron chi connectivity index (χ4n) is 7.60. The highest BCUT2D eigenvalue weighted by atomic mass is 15.1. The number of nitrogens with zero attached hydrogens (tertiary/aromatic N) is 11. The van der Waals surface area contributed by atoms with Crippen LogP contribution in [0.1, 0.15) is 23.3 Å². The van der Waals surface area contributed by atoms with Crippen molar-refractivity contribution in [2.75, 3.05) is 0 Å². The van der Waals surface area contributed by atoms with Crippen LogP contribution in [0.3, 0.4) is 0 Å².